The summed E-state index contributed by atoms with van der Waals surface area (Å²) in [6, 6.07) is 17.7. The lowest BCUT2D eigenvalue weighted by atomic mass is 10.0. The molecule has 1 N–H and O–H groups in total. The smallest absolute Gasteiger partial charge is 0.317 e. The maximum absolute atomic E-state index is 12.6. The first-order valence-electron chi connectivity index (χ1n) is 9.88. The Hall–Kier alpha value is -2.54. The van der Waals surface area contributed by atoms with Gasteiger partial charge >= 0.3 is 6.03 Å². The average molecular weight is 416 g/mol. The first kappa shape index (κ1) is 21.2. The summed E-state index contributed by atoms with van der Waals surface area (Å²) in [5, 5.41) is 2.97. The number of benzene rings is 2. The number of amides is 2. The molecule has 3 rings (SSSR count). The molecule has 1 aliphatic rings. The molecule has 2 aromatic rings. The Morgan fingerprint density at radius 1 is 1.10 bits per heavy atom. The standard InChI is InChI=1S/C22H29N3O3S/c1-24(21-9-6-14-25(16-21)20-7-4-3-5-8-20)22(26)23-15-18-10-12-19(13-11-18)17-29(2,27)28/h3-5,7-8,10-13,21H,6,9,14-17H2,1-2H3,(H,23,26). The number of anilines is 1. The van der Waals surface area contributed by atoms with Crippen LogP contribution in [-0.4, -0.2) is 51.8 Å². The number of hydrogen-bond acceptors (Lipinski definition) is 4. The van der Waals surface area contributed by atoms with Gasteiger partial charge in [0.1, 0.15) is 0 Å². The van der Waals surface area contributed by atoms with E-state index in [0.29, 0.717) is 6.54 Å². The zero-order chi connectivity index (χ0) is 20.9. The molecule has 0 bridgehead atoms. The number of sulfone groups is 1. The van der Waals surface area contributed by atoms with Crippen molar-refractivity contribution < 1.29 is 13.2 Å². The molecule has 0 radical (unpaired) electrons. The molecule has 2 amide bonds. The topological polar surface area (TPSA) is 69.7 Å². The summed E-state index contributed by atoms with van der Waals surface area (Å²) in [6.07, 6.45) is 3.27. The van der Waals surface area contributed by atoms with Crippen LogP contribution in [0.25, 0.3) is 0 Å². The summed E-state index contributed by atoms with van der Waals surface area (Å²) >= 11 is 0. The molecule has 1 saturated heterocycles. The van der Waals surface area contributed by atoms with E-state index in [4.69, 9.17) is 0 Å². The fourth-order valence-electron chi connectivity index (χ4n) is 3.67. The lowest BCUT2D eigenvalue weighted by Gasteiger charge is -2.38. The van der Waals surface area contributed by atoms with E-state index in [0.717, 1.165) is 37.1 Å². The van der Waals surface area contributed by atoms with Gasteiger partial charge in [-0.3, -0.25) is 0 Å². The number of rotatable bonds is 6. The van der Waals surface area contributed by atoms with Crippen LogP contribution in [-0.2, 0) is 22.1 Å². The fraction of sp³-hybridized carbons (Fsp3) is 0.409. The van der Waals surface area contributed by atoms with Gasteiger partial charge in [0.05, 0.1) is 11.8 Å². The Kier molecular flexibility index (Phi) is 6.79. The van der Waals surface area contributed by atoms with E-state index in [2.05, 4.69) is 22.3 Å². The van der Waals surface area contributed by atoms with E-state index >= 15 is 0 Å². The van der Waals surface area contributed by atoms with Crippen molar-refractivity contribution in [2.75, 3.05) is 31.3 Å². The van der Waals surface area contributed by atoms with Gasteiger partial charge in [-0.05, 0) is 36.1 Å². The number of nitrogens with zero attached hydrogens (tertiary/aromatic N) is 2. The SMILES string of the molecule is CN(C(=O)NCc1ccc(CS(C)(=O)=O)cc1)C1CCCN(c2ccccc2)C1. The highest BCUT2D eigenvalue weighted by molar-refractivity contribution is 7.89. The quantitative estimate of drug-likeness (QED) is 0.787. The third-order valence-corrected chi connectivity index (χ3v) is 6.14. The highest BCUT2D eigenvalue weighted by Crippen LogP contribution is 2.21. The van der Waals surface area contributed by atoms with Gasteiger partial charge < -0.3 is 15.1 Å². The van der Waals surface area contributed by atoms with Gasteiger partial charge in [0.25, 0.3) is 0 Å². The molecule has 1 heterocycles. The molecule has 2 aromatic carbocycles. The molecule has 0 aliphatic carbocycles. The average Bonchev–Trinajstić information content (AvgIpc) is 2.72. The van der Waals surface area contributed by atoms with Crippen molar-refractivity contribution in [1.82, 2.24) is 10.2 Å². The Bertz CT molecular complexity index is 914. The second-order valence-electron chi connectivity index (χ2n) is 7.73. The van der Waals surface area contributed by atoms with E-state index in [9.17, 15) is 13.2 Å². The van der Waals surface area contributed by atoms with Crippen molar-refractivity contribution >= 4 is 21.6 Å². The summed E-state index contributed by atoms with van der Waals surface area (Å²) in [7, 11) is -1.19. The lowest BCUT2D eigenvalue weighted by Crippen LogP contribution is -2.51. The third-order valence-electron chi connectivity index (χ3n) is 5.28. The van der Waals surface area contributed by atoms with Gasteiger partial charge in [-0.15, -0.1) is 0 Å². The van der Waals surface area contributed by atoms with Crippen LogP contribution in [0.3, 0.4) is 0 Å². The summed E-state index contributed by atoms with van der Waals surface area (Å²) in [4.78, 5) is 16.8. The van der Waals surface area contributed by atoms with E-state index in [1.165, 1.54) is 11.9 Å². The number of carbonyl (C=O) groups is 1. The monoisotopic (exact) mass is 415 g/mol. The molecule has 1 aliphatic heterocycles. The van der Waals surface area contributed by atoms with Gasteiger partial charge in [-0.1, -0.05) is 42.5 Å². The van der Waals surface area contributed by atoms with Crippen molar-refractivity contribution in [2.45, 2.75) is 31.2 Å². The summed E-state index contributed by atoms with van der Waals surface area (Å²) in [6.45, 7) is 2.25. The molecule has 1 atom stereocenters. The number of urea groups is 1. The van der Waals surface area contributed by atoms with Gasteiger partial charge in [-0.25, -0.2) is 13.2 Å². The predicted octanol–water partition coefficient (Wildman–Crippen LogP) is 3.04. The van der Waals surface area contributed by atoms with Crippen molar-refractivity contribution in [3.63, 3.8) is 0 Å². The minimum atomic E-state index is -3.04. The second kappa shape index (κ2) is 9.31. The van der Waals surface area contributed by atoms with Crippen LogP contribution in [0.1, 0.15) is 24.0 Å². The molecule has 0 saturated carbocycles. The third kappa shape index (κ3) is 6.22. The highest BCUT2D eigenvalue weighted by atomic mass is 32.2. The van der Waals surface area contributed by atoms with Crippen LogP contribution in [0.15, 0.2) is 54.6 Å². The van der Waals surface area contributed by atoms with E-state index < -0.39 is 9.84 Å². The number of likely N-dealkylation sites (N-methyl/N-ethyl adjacent to an activating group) is 1. The van der Waals surface area contributed by atoms with Crippen LogP contribution < -0.4 is 10.2 Å². The molecule has 29 heavy (non-hydrogen) atoms. The maximum Gasteiger partial charge on any atom is 0.317 e. The van der Waals surface area contributed by atoms with Crippen LogP contribution in [0.5, 0.6) is 0 Å². The Morgan fingerprint density at radius 2 is 1.76 bits per heavy atom. The lowest BCUT2D eigenvalue weighted by molar-refractivity contribution is 0.182. The van der Waals surface area contributed by atoms with E-state index in [-0.39, 0.29) is 17.8 Å². The van der Waals surface area contributed by atoms with Crippen molar-refractivity contribution in [3.05, 3.63) is 65.7 Å². The zero-order valence-corrected chi connectivity index (χ0v) is 17.9. The van der Waals surface area contributed by atoms with Crippen LogP contribution in [0.2, 0.25) is 0 Å². The molecule has 6 nitrogen and oxygen atoms in total. The Balaban J connectivity index is 1.52. The second-order valence-corrected chi connectivity index (χ2v) is 9.87. The predicted molar refractivity (Wildman–Crippen MR) is 117 cm³/mol. The summed E-state index contributed by atoms with van der Waals surface area (Å²) < 4.78 is 22.7. The number of hydrogen-bond donors (Lipinski definition) is 1. The Labute approximate surface area is 173 Å². The van der Waals surface area contributed by atoms with Crippen molar-refractivity contribution in [1.29, 1.82) is 0 Å². The number of nitrogens with one attached hydrogen (secondary N) is 1. The van der Waals surface area contributed by atoms with Crippen LogP contribution in [0, 0.1) is 0 Å². The Morgan fingerprint density at radius 3 is 2.41 bits per heavy atom. The number of piperidine rings is 1. The normalized spacial score (nSPS) is 17.0. The molecule has 0 spiro atoms. The number of para-hydroxylation sites is 1. The number of carbonyl (C=O) groups excluding carboxylic acids is 1. The minimum absolute atomic E-state index is 0.0297. The largest absolute Gasteiger partial charge is 0.369 e. The van der Waals surface area contributed by atoms with Crippen LogP contribution >= 0.6 is 0 Å². The van der Waals surface area contributed by atoms with Gasteiger partial charge in [-0.2, -0.15) is 0 Å². The first-order valence-corrected chi connectivity index (χ1v) is 11.9. The molecule has 0 aromatic heterocycles. The van der Waals surface area contributed by atoms with E-state index in [1.807, 2.05) is 37.4 Å². The summed E-state index contributed by atoms with van der Waals surface area (Å²) in [5.41, 5.74) is 2.89. The molecule has 7 heteroatoms. The van der Waals surface area contributed by atoms with E-state index in [1.54, 1.807) is 17.0 Å². The molecule has 1 unspecified atom stereocenters. The zero-order valence-electron chi connectivity index (χ0n) is 17.0. The van der Waals surface area contributed by atoms with Gasteiger partial charge in [0.15, 0.2) is 9.84 Å². The first-order chi connectivity index (χ1) is 13.8. The van der Waals surface area contributed by atoms with Crippen molar-refractivity contribution in [2.24, 2.45) is 0 Å². The fourth-order valence-corrected chi connectivity index (χ4v) is 4.47. The van der Waals surface area contributed by atoms with Gasteiger partial charge in [0, 0.05) is 38.6 Å². The maximum atomic E-state index is 12.6. The molecule has 1 fully saturated rings. The minimum Gasteiger partial charge on any atom is -0.369 e. The summed E-state index contributed by atoms with van der Waals surface area (Å²) in [5.74, 6) is 0.0297. The molecular weight excluding hydrogens is 386 g/mol. The highest BCUT2D eigenvalue weighted by Gasteiger charge is 2.26. The molecule has 156 valence electrons. The van der Waals surface area contributed by atoms with Gasteiger partial charge in [0.2, 0.25) is 0 Å². The van der Waals surface area contributed by atoms with Crippen molar-refractivity contribution in [3.8, 4) is 0 Å². The van der Waals surface area contributed by atoms with Crippen LogP contribution in [0.4, 0.5) is 10.5 Å². The molecular formula is C22H29N3O3S.